The fraction of sp³-hybridized carbons (Fsp3) is 0.714. The Bertz CT molecular complexity index is 571. The molecular formula is C14H24N2O3S. The molecule has 1 aromatic rings. The summed E-state index contributed by atoms with van der Waals surface area (Å²) in [5, 5.41) is 3.02. The third-order valence-corrected chi connectivity index (χ3v) is 6.26. The quantitative estimate of drug-likeness (QED) is 0.905. The molecule has 0 radical (unpaired) electrons. The third-order valence-electron chi connectivity index (χ3n) is 4.15. The summed E-state index contributed by atoms with van der Waals surface area (Å²) in [6.45, 7) is 4.03. The van der Waals surface area contributed by atoms with E-state index in [1.807, 2.05) is 6.92 Å². The van der Waals surface area contributed by atoms with E-state index >= 15 is 0 Å². The second-order valence-electron chi connectivity index (χ2n) is 5.51. The number of hydrogen-bond acceptors (Lipinski definition) is 4. The van der Waals surface area contributed by atoms with Crippen molar-refractivity contribution in [2.45, 2.75) is 57.0 Å². The predicted octanol–water partition coefficient (Wildman–Crippen LogP) is 2.18. The molecule has 0 saturated heterocycles. The molecule has 6 heteroatoms. The maximum absolute atomic E-state index is 12.9. The fourth-order valence-electron chi connectivity index (χ4n) is 3.04. The molecule has 0 atom stereocenters. The van der Waals surface area contributed by atoms with Crippen molar-refractivity contribution >= 4 is 10.0 Å². The number of nitrogens with one attached hydrogen (secondary N) is 1. The molecule has 1 aliphatic carbocycles. The molecule has 1 aliphatic rings. The summed E-state index contributed by atoms with van der Waals surface area (Å²) >= 11 is 0. The van der Waals surface area contributed by atoms with Crippen LogP contribution in [0.3, 0.4) is 0 Å². The van der Waals surface area contributed by atoms with Crippen LogP contribution in [0, 0.1) is 13.8 Å². The van der Waals surface area contributed by atoms with Crippen molar-refractivity contribution in [2.24, 2.45) is 0 Å². The average Bonchev–Trinajstić information content (AvgIpc) is 2.98. The molecule has 5 nitrogen and oxygen atoms in total. The molecule has 2 rings (SSSR count). The van der Waals surface area contributed by atoms with Crippen LogP contribution in [0.15, 0.2) is 9.31 Å². The molecule has 0 spiro atoms. The highest BCUT2D eigenvalue weighted by molar-refractivity contribution is 7.89. The van der Waals surface area contributed by atoms with Crippen LogP contribution in [0.2, 0.25) is 0 Å². The largest absolute Gasteiger partial charge is 0.465 e. The number of furan rings is 1. The van der Waals surface area contributed by atoms with Gasteiger partial charge in [0.05, 0.1) is 0 Å². The van der Waals surface area contributed by atoms with Crippen molar-refractivity contribution in [3.63, 3.8) is 0 Å². The summed E-state index contributed by atoms with van der Waals surface area (Å²) in [6.07, 6.45) is 4.12. The minimum Gasteiger partial charge on any atom is -0.465 e. The Kier molecular flexibility index (Phi) is 4.56. The number of hydrogen-bond donors (Lipinski definition) is 1. The zero-order chi connectivity index (χ0) is 14.9. The summed E-state index contributed by atoms with van der Waals surface area (Å²) in [5.74, 6) is 1.16. The van der Waals surface area contributed by atoms with Crippen LogP contribution in [0.25, 0.3) is 0 Å². The van der Waals surface area contributed by atoms with Gasteiger partial charge in [-0.3, -0.25) is 0 Å². The van der Waals surface area contributed by atoms with Gasteiger partial charge in [-0.05, 0) is 33.7 Å². The lowest BCUT2D eigenvalue weighted by Gasteiger charge is -2.24. The molecule has 1 fully saturated rings. The molecule has 0 amide bonds. The highest BCUT2D eigenvalue weighted by Crippen LogP contribution is 2.32. The molecule has 0 aromatic carbocycles. The van der Waals surface area contributed by atoms with Crippen LogP contribution >= 0.6 is 0 Å². The molecule has 1 aromatic heterocycles. The highest BCUT2D eigenvalue weighted by Gasteiger charge is 2.34. The SMILES string of the molecule is CNCc1c(C)oc(C)c1S(=O)(=O)N(C)C1CCCC1. The molecule has 1 saturated carbocycles. The molecule has 0 unspecified atom stereocenters. The van der Waals surface area contributed by atoms with E-state index in [4.69, 9.17) is 4.42 Å². The lowest BCUT2D eigenvalue weighted by atomic mass is 10.2. The zero-order valence-corrected chi connectivity index (χ0v) is 13.5. The maximum Gasteiger partial charge on any atom is 0.246 e. The van der Waals surface area contributed by atoms with Crippen molar-refractivity contribution in [3.05, 3.63) is 17.1 Å². The van der Waals surface area contributed by atoms with Gasteiger partial charge in [0.1, 0.15) is 16.4 Å². The van der Waals surface area contributed by atoms with Crippen LogP contribution < -0.4 is 5.32 Å². The van der Waals surface area contributed by atoms with Gasteiger partial charge in [0, 0.05) is 25.2 Å². The Labute approximate surface area is 121 Å². The number of nitrogens with zero attached hydrogens (tertiary/aromatic N) is 1. The summed E-state index contributed by atoms with van der Waals surface area (Å²) in [5.41, 5.74) is 0.745. The van der Waals surface area contributed by atoms with Crippen molar-refractivity contribution in [1.29, 1.82) is 0 Å². The summed E-state index contributed by atoms with van der Waals surface area (Å²) in [4.78, 5) is 0.346. The second-order valence-corrected chi connectivity index (χ2v) is 7.45. The first-order valence-electron chi connectivity index (χ1n) is 7.11. The van der Waals surface area contributed by atoms with Crippen LogP contribution in [0.1, 0.15) is 42.8 Å². The van der Waals surface area contributed by atoms with Crippen molar-refractivity contribution in [3.8, 4) is 0 Å². The molecule has 0 aliphatic heterocycles. The average molecular weight is 300 g/mol. The monoisotopic (exact) mass is 300 g/mol. The fourth-order valence-corrected chi connectivity index (χ4v) is 4.86. The van der Waals surface area contributed by atoms with E-state index in [9.17, 15) is 8.42 Å². The smallest absolute Gasteiger partial charge is 0.246 e. The van der Waals surface area contributed by atoms with Gasteiger partial charge in [0.2, 0.25) is 10.0 Å². The Morgan fingerprint density at radius 3 is 2.40 bits per heavy atom. The summed E-state index contributed by atoms with van der Waals surface area (Å²) in [7, 11) is 0.00963. The van der Waals surface area contributed by atoms with E-state index in [0.717, 1.165) is 31.2 Å². The lowest BCUT2D eigenvalue weighted by molar-refractivity contribution is 0.371. The second kappa shape index (κ2) is 5.87. The molecule has 20 heavy (non-hydrogen) atoms. The van der Waals surface area contributed by atoms with Crippen molar-refractivity contribution in [2.75, 3.05) is 14.1 Å². The highest BCUT2D eigenvalue weighted by atomic mass is 32.2. The normalized spacial score (nSPS) is 17.2. The number of aryl methyl sites for hydroxylation is 2. The lowest BCUT2D eigenvalue weighted by Crippen LogP contribution is -2.36. The van der Waals surface area contributed by atoms with Gasteiger partial charge < -0.3 is 9.73 Å². The van der Waals surface area contributed by atoms with Gasteiger partial charge in [-0.15, -0.1) is 0 Å². The minimum atomic E-state index is -3.49. The topological polar surface area (TPSA) is 62.6 Å². The third kappa shape index (κ3) is 2.64. The minimum absolute atomic E-state index is 0.122. The van der Waals surface area contributed by atoms with Crippen LogP contribution in [-0.4, -0.2) is 32.9 Å². The first kappa shape index (κ1) is 15.5. The van der Waals surface area contributed by atoms with Crippen LogP contribution in [0.4, 0.5) is 0 Å². The van der Waals surface area contributed by atoms with Gasteiger partial charge >= 0.3 is 0 Å². The molecule has 114 valence electrons. The van der Waals surface area contributed by atoms with Crippen molar-refractivity contribution in [1.82, 2.24) is 9.62 Å². The number of rotatable bonds is 5. The Morgan fingerprint density at radius 1 is 1.25 bits per heavy atom. The van der Waals surface area contributed by atoms with Crippen LogP contribution in [-0.2, 0) is 16.6 Å². The van der Waals surface area contributed by atoms with Gasteiger partial charge in [-0.1, -0.05) is 12.8 Å². The van der Waals surface area contributed by atoms with E-state index in [1.54, 1.807) is 21.0 Å². The molecular weight excluding hydrogens is 276 g/mol. The van der Waals surface area contributed by atoms with Crippen molar-refractivity contribution < 1.29 is 12.8 Å². The van der Waals surface area contributed by atoms with E-state index < -0.39 is 10.0 Å². The Hall–Kier alpha value is -0.850. The van der Waals surface area contributed by atoms with E-state index in [0.29, 0.717) is 23.0 Å². The summed E-state index contributed by atoms with van der Waals surface area (Å²) in [6, 6.07) is 0.122. The maximum atomic E-state index is 12.9. The Balaban J connectivity index is 2.43. The Morgan fingerprint density at radius 2 is 1.85 bits per heavy atom. The van der Waals surface area contributed by atoms with Gasteiger partial charge in [-0.25, -0.2) is 8.42 Å². The van der Waals surface area contributed by atoms with Gasteiger partial charge in [0.15, 0.2) is 0 Å². The number of sulfonamides is 1. The van der Waals surface area contributed by atoms with E-state index in [-0.39, 0.29) is 6.04 Å². The van der Waals surface area contributed by atoms with E-state index in [1.165, 1.54) is 4.31 Å². The molecule has 1 heterocycles. The first-order valence-corrected chi connectivity index (χ1v) is 8.55. The zero-order valence-electron chi connectivity index (χ0n) is 12.7. The predicted molar refractivity (Wildman–Crippen MR) is 78.2 cm³/mol. The summed E-state index contributed by atoms with van der Waals surface area (Å²) < 4.78 is 32.9. The van der Waals surface area contributed by atoms with Crippen LogP contribution in [0.5, 0.6) is 0 Å². The standard InChI is InChI=1S/C14H24N2O3S/c1-10-13(9-15-3)14(11(2)19-10)20(17,18)16(4)12-7-5-6-8-12/h12,15H,5-9H2,1-4H3. The van der Waals surface area contributed by atoms with Gasteiger partial charge in [-0.2, -0.15) is 4.31 Å². The first-order chi connectivity index (χ1) is 9.39. The molecule has 1 N–H and O–H groups in total. The van der Waals surface area contributed by atoms with E-state index in [2.05, 4.69) is 5.32 Å². The van der Waals surface area contributed by atoms with Gasteiger partial charge in [0.25, 0.3) is 0 Å². The molecule has 0 bridgehead atoms.